The quantitative estimate of drug-likeness (QED) is 0.757. The number of hydrogen-bond donors (Lipinski definition) is 1. The van der Waals surface area contributed by atoms with E-state index in [1.165, 1.54) is 0 Å². The molecule has 1 heterocycles. The number of methoxy groups -OCH3 is 1. The third-order valence-electron chi connectivity index (χ3n) is 3.96. The van der Waals surface area contributed by atoms with E-state index in [4.69, 9.17) is 4.74 Å². The van der Waals surface area contributed by atoms with Crippen molar-refractivity contribution in [1.82, 2.24) is 14.5 Å². The van der Waals surface area contributed by atoms with Crippen LogP contribution < -0.4 is 9.46 Å². The van der Waals surface area contributed by atoms with Crippen LogP contribution in [0.2, 0.25) is 0 Å². The summed E-state index contributed by atoms with van der Waals surface area (Å²) in [4.78, 5) is 27.9. The van der Waals surface area contributed by atoms with Gasteiger partial charge in [-0.15, -0.1) is 0 Å². The molecule has 0 unspecified atom stereocenters. The molecule has 1 aromatic rings. The molecule has 8 nitrogen and oxygen atoms in total. The number of nitrogens with zero attached hydrogens (tertiary/aromatic N) is 2. The Morgan fingerprint density at radius 3 is 2.16 bits per heavy atom. The van der Waals surface area contributed by atoms with Crippen LogP contribution >= 0.6 is 0 Å². The summed E-state index contributed by atoms with van der Waals surface area (Å²) < 4.78 is 29.4. The van der Waals surface area contributed by atoms with Crippen LogP contribution in [0, 0.1) is 0 Å². The minimum atomic E-state index is -3.29. The summed E-state index contributed by atoms with van der Waals surface area (Å²) in [5.41, 5.74) is 0.581. The summed E-state index contributed by atoms with van der Waals surface area (Å²) in [5, 5.41) is 0. The Labute approximate surface area is 147 Å². The summed E-state index contributed by atoms with van der Waals surface area (Å²) in [7, 11) is -1.72. The van der Waals surface area contributed by atoms with Crippen molar-refractivity contribution in [2.75, 3.05) is 46.1 Å². The first-order valence-corrected chi connectivity index (χ1v) is 9.85. The van der Waals surface area contributed by atoms with Crippen LogP contribution in [0.5, 0.6) is 5.75 Å². The molecule has 1 aliphatic rings. The highest BCUT2D eigenvalue weighted by Gasteiger charge is 2.24. The lowest BCUT2D eigenvalue weighted by molar-refractivity contribution is -0.132. The van der Waals surface area contributed by atoms with E-state index in [-0.39, 0.29) is 24.8 Å². The van der Waals surface area contributed by atoms with Crippen molar-refractivity contribution in [2.45, 2.75) is 6.42 Å². The van der Waals surface area contributed by atoms with E-state index in [9.17, 15) is 18.0 Å². The van der Waals surface area contributed by atoms with E-state index in [1.807, 2.05) is 0 Å². The number of carbonyl (C=O) groups excluding carboxylic acids is 2. The van der Waals surface area contributed by atoms with Crippen LogP contribution in [0.15, 0.2) is 24.3 Å². The first-order valence-electron chi connectivity index (χ1n) is 7.96. The second-order valence-electron chi connectivity index (χ2n) is 5.82. The molecule has 1 saturated heterocycles. The Morgan fingerprint density at radius 1 is 1.08 bits per heavy atom. The summed E-state index contributed by atoms with van der Waals surface area (Å²) in [5.74, 6) is 0.496. The number of hydrogen-bond acceptors (Lipinski definition) is 5. The van der Waals surface area contributed by atoms with Crippen molar-refractivity contribution in [3.05, 3.63) is 29.8 Å². The smallest absolute Gasteiger partial charge is 0.253 e. The Kier molecular flexibility index (Phi) is 6.38. The van der Waals surface area contributed by atoms with Gasteiger partial charge in [0.15, 0.2) is 0 Å². The molecule has 1 fully saturated rings. The van der Waals surface area contributed by atoms with E-state index in [2.05, 4.69) is 4.72 Å². The van der Waals surface area contributed by atoms with E-state index in [0.717, 1.165) is 6.26 Å². The molecule has 0 aromatic heterocycles. The van der Waals surface area contributed by atoms with Gasteiger partial charge in [0.2, 0.25) is 15.9 Å². The van der Waals surface area contributed by atoms with Gasteiger partial charge in [-0.3, -0.25) is 9.59 Å². The van der Waals surface area contributed by atoms with Gasteiger partial charge in [0.05, 0.1) is 13.4 Å². The molecule has 2 rings (SSSR count). The number of piperazine rings is 1. The predicted octanol–water partition coefficient (Wildman–Crippen LogP) is -0.0811. The lowest BCUT2D eigenvalue weighted by Crippen LogP contribution is -2.51. The second kappa shape index (κ2) is 8.30. The molecule has 2 amide bonds. The Bertz CT molecular complexity index is 710. The molecule has 1 N–H and O–H groups in total. The van der Waals surface area contributed by atoms with E-state index in [1.54, 1.807) is 41.2 Å². The van der Waals surface area contributed by atoms with Crippen molar-refractivity contribution < 1.29 is 22.7 Å². The fourth-order valence-electron chi connectivity index (χ4n) is 2.58. The zero-order valence-electron chi connectivity index (χ0n) is 14.4. The minimum absolute atomic E-state index is 0.0755. The number of benzene rings is 1. The average molecular weight is 369 g/mol. The molecule has 0 aliphatic carbocycles. The average Bonchev–Trinajstić information content (AvgIpc) is 2.60. The third kappa shape index (κ3) is 5.71. The van der Waals surface area contributed by atoms with Gasteiger partial charge < -0.3 is 14.5 Å². The summed E-state index contributed by atoms with van der Waals surface area (Å²) in [6, 6.07) is 6.91. The molecule has 0 radical (unpaired) electrons. The van der Waals surface area contributed by atoms with Crippen molar-refractivity contribution in [2.24, 2.45) is 0 Å². The van der Waals surface area contributed by atoms with Crippen LogP contribution in [-0.4, -0.2) is 76.1 Å². The van der Waals surface area contributed by atoms with Crippen LogP contribution in [-0.2, 0) is 14.8 Å². The zero-order valence-corrected chi connectivity index (χ0v) is 15.2. The van der Waals surface area contributed by atoms with Gasteiger partial charge in [-0.2, -0.15) is 0 Å². The SMILES string of the molecule is COc1ccc(C(=O)N2CCN(C(=O)CCNS(C)(=O)=O)CC2)cc1. The first kappa shape index (κ1) is 19.2. The summed E-state index contributed by atoms with van der Waals surface area (Å²) >= 11 is 0. The standard InChI is InChI=1S/C16H23N3O5S/c1-24-14-5-3-13(4-6-14)16(21)19-11-9-18(10-12-19)15(20)7-8-17-25(2,22)23/h3-6,17H,7-12H2,1-2H3. The molecule has 0 atom stereocenters. The number of ether oxygens (including phenoxy) is 1. The topological polar surface area (TPSA) is 96.0 Å². The third-order valence-corrected chi connectivity index (χ3v) is 4.69. The number of nitrogens with one attached hydrogen (secondary N) is 1. The summed E-state index contributed by atoms with van der Waals surface area (Å²) in [6.07, 6.45) is 1.17. The van der Waals surface area contributed by atoms with Crippen LogP contribution in [0.3, 0.4) is 0 Å². The van der Waals surface area contributed by atoms with Crippen molar-refractivity contribution >= 4 is 21.8 Å². The minimum Gasteiger partial charge on any atom is -0.497 e. The number of rotatable bonds is 6. The van der Waals surface area contributed by atoms with Crippen LogP contribution in [0.25, 0.3) is 0 Å². The van der Waals surface area contributed by atoms with Gasteiger partial charge in [-0.1, -0.05) is 0 Å². The maximum atomic E-state index is 12.5. The largest absolute Gasteiger partial charge is 0.497 e. The van der Waals surface area contributed by atoms with Crippen LogP contribution in [0.4, 0.5) is 0 Å². The fourth-order valence-corrected chi connectivity index (χ4v) is 3.05. The number of sulfonamides is 1. The van der Waals surface area contributed by atoms with Gasteiger partial charge in [-0.25, -0.2) is 13.1 Å². The lowest BCUT2D eigenvalue weighted by Gasteiger charge is -2.35. The molecular formula is C16H23N3O5S. The molecule has 0 spiro atoms. The maximum absolute atomic E-state index is 12.5. The van der Waals surface area contributed by atoms with Crippen molar-refractivity contribution in [3.63, 3.8) is 0 Å². The molecule has 1 aliphatic heterocycles. The fraction of sp³-hybridized carbons (Fsp3) is 0.500. The second-order valence-corrected chi connectivity index (χ2v) is 7.65. The summed E-state index contributed by atoms with van der Waals surface area (Å²) in [6.45, 7) is 1.88. The zero-order chi connectivity index (χ0) is 18.4. The monoisotopic (exact) mass is 369 g/mol. The molecular weight excluding hydrogens is 346 g/mol. The van der Waals surface area contributed by atoms with Crippen molar-refractivity contribution in [1.29, 1.82) is 0 Å². The highest BCUT2D eigenvalue weighted by molar-refractivity contribution is 7.88. The molecule has 138 valence electrons. The highest BCUT2D eigenvalue weighted by Crippen LogP contribution is 2.14. The van der Waals surface area contributed by atoms with E-state index >= 15 is 0 Å². The molecule has 1 aromatic carbocycles. The maximum Gasteiger partial charge on any atom is 0.253 e. The normalized spacial score (nSPS) is 15.1. The van der Waals surface area contributed by atoms with Gasteiger partial charge >= 0.3 is 0 Å². The first-order chi connectivity index (χ1) is 11.8. The molecule has 0 saturated carbocycles. The van der Waals surface area contributed by atoms with Gasteiger partial charge in [0.1, 0.15) is 5.75 Å². The molecule has 0 bridgehead atoms. The Balaban J connectivity index is 1.82. The lowest BCUT2D eigenvalue weighted by atomic mass is 10.1. The number of carbonyl (C=O) groups is 2. The molecule has 25 heavy (non-hydrogen) atoms. The Hall–Kier alpha value is -2.13. The van der Waals surface area contributed by atoms with Gasteiger partial charge in [0.25, 0.3) is 5.91 Å². The predicted molar refractivity (Wildman–Crippen MR) is 92.9 cm³/mol. The highest BCUT2D eigenvalue weighted by atomic mass is 32.2. The van der Waals surface area contributed by atoms with E-state index in [0.29, 0.717) is 37.5 Å². The van der Waals surface area contributed by atoms with Gasteiger partial charge in [0, 0.05) is 44.7 Å². The Morgan fingerprint density at radius 2 is 1.64 bits per heavy atom. The number of amides is 2. The van der Waals surface area contributed by atoms with Gasteiger partial charge in [-0.05, 0) is 24.3 Å². The van der Waals surface area contributed by atoms with Crippen LogP contribution in [0.1, 0.15) is 16.8 Å². The molecule has 9 heteroatoms. The van der Waals surface area contributed by atoms with Crippen molar-refractivity contribution in [3.8, 4) is 5.75 Å². The van der Waals surface area contributed by atoms with E-state index < -0.39 is 10.0 Å².